The Kier molecular flexibility index (Phi) is 7.02. The summed E-state index contributed by atoms with van der Waals surface area (Å²) < 4.78 is 5.12. The van der Waals surface area contributed by atoms with Crippen LogP contribution in [-0.2, 0) is 6.42 Å². The second-order valence-corrected chi connectivity index (χ2v) is 5.87. The van der Waals surface area contributed by atoms with E-state index in [0.717, 1.165) is 23.3 Å². The maximum absolute atomic E-state index is 12.1. The average molecular weight is 355 g/mol. The van der Waals surface area contributed by atoms with Gasteiger partial charge < -0.3 is 20.7 Å². The van der Waals surface area contributed by atoms with E-state index in [0.29, 0.717) is 24.3 Å². The summed E-state index contributed by atoms with van der Waals surface area (Å²) in [5.41, 5.74) is 3.21. The quantitative estimate of drug-likeness (QED) is 0.714. The molecule has 0 fully saturated rings. The van der Waals surface area contributed by atoms with Crippen LogP contribution in [-0.4, -0.2) is 32.1 Å². The van der Waals surface area contributed by atoms with Gasteiger partial charge >= 0.3 is 6.03 Å². The maximum atomic E-state index is 12.1. The van der Waals surface area contributed by atoms with Crippen LogP contribution in [0.25, 0.3) is 0 Å². The molecule has 6 heteroatoms. The number of urea groups is 1. The number of ether oxygens (including phenoxy) is 1. The van der Waals surface area contributed by atoms with Gasteiger partial charge in [0.1, 0.15) is 5.75 Å². The monoisotopic (exact) mass is 355 g/mol. The Hall–Kier alpha value is -3.02. The van der Waals surface area contributed by atoms with Gasteiger partial charge in [-0.15, -0.1) is 0 Å². The zero-order valence-corrected chi connectivity index (χ0v) is 15.4. The Morgan fingerprint density at radius 1 is 1.04 bits per heavy atom. The fourth-order valence-electron chi connectivity index (χ4n) is 2.49. The highest BCUT2D eigenvalue weighted by atomic mass is 16.5. The lowest BCUT2D eigenvalue weighted by Gasteiger charge is -2.11. The Morgan fingerprint density at radius 3 is 2.38 bits per heavy atom. The molecule has 0 aliphatic heterocycles. The molecule has 0 radical (unpaired) electrons. The van der Waals surface area contributed by atoms with Crippen molar-refractivity contribution in [2.24, 2.45) is 0 Å². The van der Waals surface area contributed by atoms with E-state index in [1.165, 1.54) is 0 Å². The molecule has 138 valence electrons. The van der Waals surface area contributed by atoms with Gasteiger partial charge in [0.2, 0.25) is 0 Å². The number of carbonyl (C=O) groups excluding carboxylic acids is 2. The van der Waals surface area contributed by atoms with Gasteiger partial charge in [0.05, 0.1) is 7.11 Å². The van der Waals surface area contributed by atoms with Crippen molar-refractivity contribution in [2.45, 2.75) is 20.3 Å². The van der Waals surface area contributed by atoms with Gasteiger partial charge in [-0.05, 0) is 61.7 Å². The van der Waals surface area contributed by atoms with Crippen LogP contribution in [0.5, 0.6) is 5.75 Å². The Morgan fingerprint density at radius 2 is 1.77 bits per heavy atom. The van der Waals surface area contributed by atoms with E-state index < -0.39 is 0 Å². The van der Waals surface area contributed by atoms with Gasteiger partial charge in [-0.2, -0.15) is 0 Å². The summed E-state index contributed by atoms with van der Waals surface area (Å²) >= 11 is 0. The van der Waals surface area contributed by atoms with Crippen molar-refractivity contribution in [3.8, 4) is 5.75 Å². The van der Waals surface area contributed by atoms with E-state index in [1.807, 2.05) is 38.1 Å². The number of nitrogens with one attached hydrogen (secondary N) is 3. The van der Waals surface area contributed by atoms with Crippen molar-refractivity contribution >= 4 is 17.6 Å². The maximum Gasteiger partial charge on any atom is 0.319 e. The number of benzene rings is 2. The molecule has 0 atom stereocenters. The van der Waals surface area contributed by atoms with E-state index >= 15 is 0 Å². The standard InChI is InChI=1S/C20H25N3O3/c1-4-21-19(24)16-7-10-18(14(2)13-16)23-20(25)22-12-11-15-5-8-17(26-3)9-6-15/h5-10,13H,4,11-12H2,1-3H3,(H,21,24)(H2,22,23,25). The highest BCUT2D eigenvalue weighted by Gasteiger charge is 2.08. The first-order valence-electron chi connectivity index (χ1n) is 8.60. The molecule has 0 unspecified atom stereocenters. The van der Waals surface area contributed by atoms with Gasteiger partial charge in [0.25, 0.3) is 5.91 Å². The summed E-state index contributed by atoms with van der Waals surface area (Å²) in [7, 11) is 1.63. The van der Waals surface area contributed by atoms with E-state index in [9.17, 15) is 9.59 Å². The van der Waals surface area contributed by atoms with Gasteiger partial charge in [-0.3, -0.25) is 4.79 Å². The molecule has 0 aromatic heterocycles. The molecule has 0 saturated carbocycles. The van der Waals surface area contributed by atoms with Crippen molar-refractivity contribution in [2.75, 3.05) is 25.5 Å². The Bertz CT molecular complexity index is 757. The van der Waals surface area contributed by atoms with Crippen molar-refractivity contribution in [1.82, 2.24) is 10.6 Å². The molecular weight excluding hydrogens is 330 g/mol. The molecule has 2 rings (SSSR count). The average Bonchev–Trinajstić information content (AvgIpc) is 2.64. The summed E-state index contributed by atoms with van der Waals surface area (Å²) in [6.45, 7) is 4.83. The van der Waals surface area contributed by atoms with Crippen LogP contribution in [0.2, 0.25) is 0 Å². The SMILES string of the molecule is CCNC(=O)c1ccc(NC(=O)NCCc2ccc(OC)cc2)c(C)c1. The van der Waals surface area contributed by atoms with E-state index in [1.54, 1.807) is 25.3 Å². The number of anilines is 1. The van der Waals surface area contributed by atoms with Crippen LogP contribution in [0.15, 0.2) is 42.5 Å². The molecule has 0 aliphatic rings. The van der Waals surface area contributed by atoms with Crippen LogP contribution in [0, 0.1) is 6.92 Å². The lowest BCUT2D eigenvalue weighted by atomic mass is 10.1. The number of rotatable bonds is 7. The van der Waals surface area contributed by atoms with Crippen molar-refractivity contribution < 1.29 is 14.3 Å². The van der Waals surface area contributed by atoms with Crippen LogP contribution in [0.1, 0.15) is 28.4 Å². The predicted octanol–water partition coefficient (Wildman–Crippen LogP) is 3.12. The first kappa shape index (κ1) is 19.3. The minimum Gasteiger partial charge on any atom is -0.497 e. The molecule has 0 bridgehead atoms. The third kappa shape index (κ3) is 5.51. The topological polar surface area (TPSA) is 79.5 Å². The summed E-state index contributed by atoms with van der Waals surface area (Å²) in [6.07, 6.45) is 0.729. The number of carbonyl (C=O) groups is 2. The fourth-order valence-corrected chi connectivity index (χ4v) is 2.49. The Balaban J connectivity index is 1.84. The van der Waals surface area contributed by atoms with Crippen molar-refractivity contribution in [3.63, 3.8) is 0 Å². The Labute approximate surface area is 153 Å². The molecule has 0 aliphatic carbocycles. The summed E-state index contributed by atoms with van der Waals surface area (Å²) in [4.78, 5) is 23.9. The molecule has 3 N–H and O–H groups in total. The molecule has 6 nitrogen and oxygen atoms in total. The zero-order chi connectivity index (χ0) is 18.9. The highest BCUT2D eigenvalue weighted by Crippen LogP contribution is 2.16. The minimum atomic E-state index is -0.271. The number of aryl methyl sites for hydroxylation is 1. The number of methoxy groups -OCH3 is 1. The zero-order valence-electron chi connectivity index (χ0n) is 15.4. The lowest BCUT2D eigenvalue weighted by molar-refractivity contribution is 0.0955. The molecule has 2 aromatic rings. The van der Waals surface area contributed by atoms with Gasteiger partial charge in [-0.25, -0.2) is 4.79 Å². The number of amides is 3. The second kappa shape index (κ2) is 9.46. The second-order valence-electron chi connectivity index (χ2n) is 5.87. The fraction of sp³-hybridized carbons (Fsp3) is 0.300. The first-order chi connectivity index (χ1) is 12.5. The van der Waals surface area contributed by atoms with E-state index in [2.05, 4.69) is 16.0 Å². The predicted molar refractivity (Wildman–Crippen MR) is 103 cm³/mol. The van der Waals surface area contributed by atoms with Crippen molar-refractivity contribution in [3.05, 3.63) is 59.2 Å². The molecule has 0 saturated heterocycles. The minimum absolute atomic E-state index is 0.119. The van der Waals surface area contributed by atoms with Crippen LogP contribution >= 0.6 is 0 Å². The molecule has 26 heavy (non-hydrogen) atoms. The number of hydrogen-bond acceptors (Lipinski definition) is 3. The third-order valence-corrected chi connectivity index (χ3v) is 3.93. The summed E-state index contributed by atoms with van der Waals surface area (Å²) in [5, 5.41) is 8.40. The number of hydrogen-bond donors (Lipinski definition) is 3. The highest BCUT2D eigenvalue weighted by molar-refractivity contribution is 5.96. The van der Waals surface area contributed by atoms with E-state index in [-0.39, 0.29) is 11.9 Å². The largest absolute Gasteiger partial charge is 0.497 e. The van der Waals surface area contributed by atoms with Crippen LogP contribution in [0.4, 0.5) is 10.5 Å². The van der Waals surface area contributed by atoms with Crippen LogP contribution < -0.4 is 20.7 Å². The smallest absolute Gasteiger partial charge is 0.319 e. The lowest BCUT2D eigenvalue weighted by Crippen LogP contribution is -2.30. The molecule has 0 spiro atoms. The third-order valence-electron chi connectivity index (χ3n) is 3.93. The van der Waals surface area contributed by atoms with E-state index in [4.69, 9.17) is 4.74 Å². The molecule has 3 amide bonds. The summed E-state index contributed by atoms with van der Waals surface area (Å²) in [6, 6.07) is 12.7. The molecule has 0 heterocycles. The van der Waals surface area contributed by atoms with Gasteiger partial charge in [-0.1, -0.05) is 12.1 Å². The van der Waals surface area contributed by atoms with Crippen LogP contribution in [0.3, 0.4) is 0 Å². The van der Waals surface area contributed by atoms with Gasteiger partial charge in [0.15, 0.2) is 0 Å². The first-order valence-corrected chi connectivity index (χ1v) is 8.60. The van der Waals surface area contributed by atoms with Gasteiger partial charge in [0, 0.05) is 24.3 Å². The van der Waals surface area contributed by atoms with Crippen molar-refractivity contribution in [1.29, 1.82) is 0 Å². The molecule has 2 aromatic carbocycles. The molecular formula is C20H25N3O3. The normalized spacial score (nSPS) is 10.1. The summed E-state index contributed by atoms with van der Waals surface area (Å²) in [5.74, 6) is 0.692.